The first-order chi connectivity index (χ1) is 17.3. The number of nitrogens with two attached hydrogens (primary N) is 1. The minimum Gasteiger partial charge on any atom is -0.359 e. The smallest absolute Gasteiger partial charge is 0.318 e. The Morgan fingerprint density at radius 3 is 2.51 bits per heavy atom. The molecule has 1 saturated heterocycles. The summed E-state index contributed by atoms with van der Waals surface area (Å²) in [5.74, 6) is -1.91. The number of nitrogens with one attached hydrogen (secondary N) is 2. The van der Waals surface area contributed by atoms with Gasteiger partial charge in [-0.15, -0.1) is 0 Å². The fourth-order valence-electron chi connectivity index (χ4n) is 5.18. The van der Waals surface area contributed by atoms with E-state index < -0.39 is 35.2 Å². The fourth-order valence-corrected chi connectivity index (χ4v) is 5.52. The van der Waals surface area contributed by atoms with Crippen molar-refractivity contribution in [3.05, 3.63) is 69.2 Å². The number of benzene rings is 2. The van der Waals surface area contributed by atoms with E-state index >= 15 is 8.78 Å². The highest BCUT2D eigenvalue weighted by atomic mass is 35.5. The zero-order chi connectivity index (χ0) is 27.5. The van der Waals surface area contributed by atoms with Crippen molar-refractivity contribution in [2.75, 3.05) is 20.1 Å². The number of halogens is 4. The first kappa shape index (κ1) is 29.1. The Morgan fingerprint density at radius 2 is 1.89 bits per heavy atom. The van der Waals surface area contributed by atoms with E-state index in [1.54, 1.807) is 13.1 Å². The van der Waals surface area contributed by atoms with Crippen LogP contribution >= 0.6 is 23.2 Å². The molecular formula is C27H34Cl2F2N4O2. The zero-order valence-corrected chi connectivity index (χ0v) is 23.0. The second-order valence-electron chi connectivity index (χ2n) is 10.7. The van der Waals surface area contributed by atoms with E-state index in [9.17, 15) is 9.59 Å². The van der Waals surface area contributed by atoms with Gasteiger partial charge in [-0.25, -0.2) is 13.6 Å². The fraction of sp³-hybridized carbons (Fsp3) is 0.481. The van der Waals surface area contributed by atoms with Crippen molar-refractivity contribution in [1.29, 1.82) is 0 Å². The second-order valence-corrected chi connectivity index (χ2v) is 11.6. The standard InChI is InChI=1S/C27H34Cl2F2N4O2/c1-26(2,3)14-16-15-35(25(37)34-12-6-9-22(36)33-4)24(18-7-5-8-20(29)23(18)31)27(16,32)19-11-10-17(28)13-21(19)30/h5,7-8,10-11,13,16,24H,6,9,12,14-15,32H2,1-4H3,(H,33,36)(H,34,37)/t16-,24-,27+/m1/s1. The van der Waals surface area contributed by atoms with Gasteiger partial charge in [0.25, 0.3) is 0 Å². The minimum absolute atomic E-state index is 0.0984. The Bertz CT molecular complexity index is 1160. The van der Waals surface area contributed by atoms with Gasteiger partial charge in [0.2, 0.25) is 5.91 Å². The number of likely N-dealkylation sites (tertiary alicyclic amines) is 1. The number of carbonyl (C=O) groups excluding carboxylic acids is 2. The molecule has 6 nitrogen and oxygen atoms in total. The highest BCUT2D eigenvalue weighted by molar-refractivity contribution is 6.31. The van der Waals surface area contributed by atoms with Gasteiger partial charge >= 0.3 is 6.03 Å². The zero-order valence-electron chi connectivity index (χ0n) is 21.5. The third kappa shape index (κ3) is 6.36. The van der Waals surface area contributed by atoms with Crippen LogP contribution in [-0.4, -0.2) is 37.0 Å². The number of rotatable bonds is 7. The van der Waals surface area contributed by atoms with Gasteiger partial charge in [-0.2, -0.15) is 0 Å². The van der Waals surface area contributed by atoms with E-state index in [1.807, 2.05) is 20.8 Å². The van der Waals surface area contributed by atoms with Crippen molar-refractivity contribution < 1.29 is 18.4 Å². The van der Waals surface area contributed by atoms with E-state index in [2.05, 4.69) is 10.6 Å². The Balaban J connectivity index is 2.12. The Hall–Kier alpha value is -2.42. The number of hydrogen-bond acceptors (Lipinski definition) is 3. The summed E-state index contributed by atoms with van der Waals surface area (Å²) < 4.78 is 31.0. The quantitative estimate of drug-likeness (QED) is 0.379. The Labute approximate surface area is 226 Å². The lowest BCUT2D eigenvalue weighted by atomic mass is 9.69. The molecule has 4 N–H and O–H groups in total. The van der Waals surface area contributed by atoms with Crippen LogP contribution in [-0.2, 0) is 10.3 Å². The van der Waals surface area contributed by atoms with Crippen molar-refractivity contribution in [1.82, 2.24) is 15.5 Å². The maximum Gasteiger partial charge on any atom is 0.318 e. The highest BCUT2D eigenvalue weighted by Crippen LogP contribution is 2.53. The van der Waals surface area contributed by atoms with Gasteiger partial charge in [-0.05, 0) is 36.5 Å². The highest BCUT2D eigenvalue weighted by Gasteiger charge is 2.57. The molecule has 2 aromatic rings. The van der Waals surface area contributed by atoms with Crippen molar-refractivity contribution in [2.24, 2.45) is 17.1 Å². The normalized spacial score (nSPS) is 21.7. The molecule has 0 saturated carbocycles. The summed E-state index contributed by atoms with van der Waals surface area (Å²) in [5, 5.41) is 5.43. The van der Waals surface area contributed by atoms with Crippen molar-refractivity contribution in [3.63, 3.8) is 0 Å². The monoisotopic (exact) mass is 554 g/mol. The Morgan fingerprint density at radius 1 is 1.19 bits per heavy atom. The number of urea groups is 1. The van der Waals surface area contributed by atoms with Gasteiger partial charge in [-0.1, -0.05) is 62.2 Å². The molecular weight excluding hydrogens is 521 g/mol. The molecule has 0 aromatic heterocycles. The second kappa shape index (κ2) is 11.5. The lowest BCUT2D eigenvalue weighted by Gasteiger charge is -2.40. The van der Waals surface area contributed by atoms with Crippen LogP contribution in [0.5, 0.6) is 0 Å². The molecule has 1 fully saturated rings. The van der Waals surface area contributed by atoms with Gasteiger partial charge in [0.05, 0.1) is 16.6 Å². The molecule has 0 bridgehead atoms. The van der Waals surface area contributed by atoms with E-state index in [0.717, 1.165) is 0 Å². The molecule has 3 amide bonds. The van der Waals surface area contributed by atoms with Gasteiger partial charge < -0.3 is 21.3 Å². The van der Waals surface area contributed by atoms with Crippen LogP contribution in [0.3, 0.4) is 0 Å². The molecule has 2 aromatic carbocycles. The maximum absolute atomic E-state index is 15.5. The van der Waals surface area contributed by atoms with Crippen LogP contribution < -0.4 is 16.4 Å². The molecule has 0 aliphatic carbocycles. The summed E-state index contributed by atoms with van der Waals surface area (Å²) in [7, 11) is 1.54. The average Bonchev–Trinajstić information content (AvgIpc) is 3.09. The molecule has 3 rings (SSSR count). The summed E-state index contributed by atoms with van der Waals surface area (Å²) in [4.78, 5) is 26.5. The molecule has 0 radical (unpaired) electrons. The van der Waals surface area contributed by atoms with E-state index in [4.69, 9.17) is 28.9 Å². The van der Waals surface area contributed by atoms with Crippen LogP contribution in [0.1, 0.15) is 57.2 Å². The first-order valence-corrected chi connectivity index (χ1v) is 13.0. The van der Waals surface area contributed by atoms with Gasteiger partial charge in [0.15, 0.2) is 0 Å². The predicted molar refractivity (Wildman–Crippen MR) is 142 cm³/mol. The summed E-state index contributed by atoms with van der Waals surface area (Å²) in [6.45, 7) is 6.48. The third-order valence-corrected chi connectivity index (χ3v) is 7.31. The van der Waals surface area contributed by atoms with Crippen molar-refractivity contribution in [2.45, 2.75) is 51.6 Å². The first-order valence-electron chi connectivity index (χ1n) is 12.2. The maximum atomic E-state index is 15.5. The molecule has 0 spiro atoms. The third-order valence-electron chi connectivity index (χ3n) is 6.79. The summed E-state index contributed by atoms with van der Waals surface area (Å²) in [5.41, 5.74) is 5.67. The molecule has 1 heterocycles. The van der Waals surface area contributed by atoms with E-state index in [-0.39, 0.29) is 52.0 Å². The number of hydrogen-bond donors (Lipinski definition) is 3. The van der Waals surface area contributed by atoms with Crippen molar-refractivity contribution >= 4 is 35.1 Å². The summed E-state index contributed by atoms with van der Waals surface area (Å²) in [6.07, 6.45) is 1.19. The van der Waals surface area contributed by atoms with Gasteiger partial charge in [0, 0.05) is 48.6 Å². The van der Waals surface area contributed by atoms with Crippen LogP contribution in [0.15, 0.2) is 36.4 Å². The number of amides is 3. The minimum atomic E-state index is -1.49. The molecule has 1 aliphatic rings. The summed E-state index contributed by atoms with van der Waals surface area (Å²) >= 11 is 12.2. The van der Waals surface area contributed by atoms with Crippen LogP contribution in [0.4, 0.5) is 13.6 Å². The lowest BCUT2D eigenvalue weighted by molar-refractivity contribution is -0.120. The van der Waals surface area contributed by atoms with Crippen molar-refractivity contribution in [3.8, 4) is 0 Å². The molecule has 0 unspecified atom stereocenters. The predicted octanol–water partition coefficient (Wildman–Crippen LogP) is 5.77. The van der Waals surface area contributed by atoms with Crippen LogP contribution in [0.2, 0.25) is 10.0 Å². The largest absolute Gasteiger partial charge is 0.359 e. The topological polar surface area (TPSA) is 87.5 Å². The van der Waals surface area contributed by atoms with E-state index in [0.29, 0.717) is 12.8 Å². The number of carbonyl (C=O) groups is 2. The molecule has 10 heteroatoms. The molecule has 37 heavy (non-hydrogen) atoms. The average molecular weight is 555 g/mol. The number of nitrogens with zero attached hydrogens (tertiary/aromatic N) is 1. The molecule has 1 aliphatic heterocycles. The Kier molecular flexibility index (Phi) is 9.09. The SMILES string of the molecule is CNC(=O)CCCNC(=O)N1C[C@@H](CC(C)(C)C)[C@](N)(c2ccc(Cl)cc2F)[C@H]1c1cccc(Cl)c1F. The van der Waals surface area contributed by atoms with Crippen LogP contribution in [0, 0.1) is 23.0 Å². The van der Waals surface area contributed by atoms with Gasteiger partial charge in [0.1, 0.15) is 11.6 Å². The molecule has 3 atom stereocenters. The lowest BCUT2D eigenvalue weighted by Crippen LogP contribution is -2.50. The van der Waals surface area contributed by atoms with Gasteiger partial charge in [-0.3, -0.25) is 4.79 Å². The van der Waals surface area contributed by atoms with E-state index in [1.165, 1.54) is 35.2 Å². The summed E-state index contributed by atoms with van der Waals surface area (Å²) in [6, 6.07) is 7.18. The van der Waals surface area contributed by atoms with Crippen LogP contribution in [0.25, 0.3) is 0 Å². The molecule has 202 valence electrons.